The highest BCUT2D eigenvalue weighted by molar-refractivity contribution is 8.19. The number of hydrogen-bond acceptors (Lipinski definition) is 7. The van der Waals surface area contributed by atoms with Crippen LogP contribution in [0.2, 0.25) is 0 Å². The van der Waals surface area contributed by atoms with Crippen LogP contribution in [-0.4, -0.2) is 51.8 Å². The number of thioether (sulfide) groups is 1. The van der Waals surface area contributed by atoms with Gasteiger partial charge in [0.25, 0.3) is 15.9 Å². The van der Waals surface area contributed by atoms with Gasteiger partial charge in [0.1, 0.15) is 6.61 Å². The van der Waals surface area contributed by atoms with E-state index < -0.39 is 10.0 Å². The van der Waals surface area contributed by atoms with Gasteiger partial charge in [-0.3, -0.25) is 9.69 Å². The van der Waals surface area contributed by atoms with Crippen LogP contribution in [0.15, 0.2) is 93.1 Å². The van der Waals surface area contributed by atoms with E-state index in [1.165, 1.54) is 17.0 Å². The molecule has 4 rings (SSSR count). The maximum atomic E-state index is 13.3. The number of carbonyl (C=O) groups excluding carboxylic acids is 1. The molecule has 0 aromatic heterocycles. The molecular weight excluding hydrogens is 524 g/mol. The van der Waals surface area contributed by atoms with Gasteiger partial charge in [0.2, 0.25) is 0 Å². The second-order valence-corrected chi connectivity index (χ2v) is 10.9. The summed E-state index contributed by atoms with van der Waals surface area (Å²) in [5, 5.41) is 0.107. The monoisotopic (exact) mass is 552 g/mol. The Bertz CT molecular complexity index is 1420. The molecule has 38 heavy (non-hydrogen) atoms. The zero-order valence-electron chi connectivity index (χ0n) is 21.1. The summed E-state index contributed by atoms with van der Waals surface area (Å²) in [6, 6.07) is 23.0. The molecule has 0 unspecified atom stereocenters. The van der Waals surface area contributed by atoms with Crippen molar-refractivity contribution in [1.29, 1.82) is 0 Å². The van der Waals surface area contributed by atoms with Crippen molar-refractivity contribution >= 4 is 38.9 Å². The number of methoxy groups -OCH3 is 2. The third kappa shape index (κ3) is 6.83. The van der Waals surface area contributed by atoms with Crippen LogP contribution in [-0.2, 0) is 26.2 Å². The fraction of sp³-hybridized carbons (Fsp3) is 0.214. The zero-order chi connectivity index (χ0) is 27.0. The third-order valence-electron chi connectivity index (χ3n) is 5.58. The number of hydrogen-bond donors (Lipinski definition) is 0. The second-order valence-electron chi connectivity index (χ2n) is 8.26. The van der Waals surface area contributed by atoms with Crippen LogP contribution in [0.25, 0.3) is 6.08 Å². The highest BCUT2D eigenvalue weighted by Gasteiger charge is 2.34. The van der Waals surface area contributed by atoms with Crippen molar-refractivity contribution in [3.05, 3.63) is 94.9 Å². The Balaban J connectivity index is 1.62. The van der Waals surface area contributed by atoms with Crippen molar-refractivity contribution in [2.75, 3.05) is 27.4 Å². The van der Waals surface area contributed by atoms with Crippen molar-refractivity contribution in [3.63, 3.8) is 0 Å². The van der Waals surface area contributed by atoms with Crippen molar-refractivity contribution in [2.45, 2.75) is 17.9 Å². The molecule has 0 radical (unpaired) electrons. The minimum atomic E-state index is -4.00. The lowest BCUT2D eigenvalue weighted by molar-refractivity contribution is -0.122. The molecule has 0 atom stereocenters. The van der Waals surface area contributed by atoms with E-state index in [0.29, 0.717) is 41.6 Å². The number of sulfonamides is 1. The smallest absolute Gasteiger partial charge is 0.284 e. The maximum Gasteiger partial charge on any atom is 0.284 e. The fourth-order valence-corrected chi connectivity index (χ4v) is 5.90. The van der Waals surface area contributed by atoms with E-state index >= 15 is 0 Å². The SMILES string of the molecule is COCCCN1C(=O)/C(=C/c2ccc(OC)c(OCc3ccccc3)c2)S/C1=N/S(=O)(=O)c1ccccc1. The number of rotatable bonds is 11. The van der Waals surface area contributed by atoms with Gasteiger partial charge >= 0.3 is 0 Å². The van der Waals surface area contributed by atoms with Crippen LogP contribution in [0, 0.1) is 0 Å². The average Bonchev–Trinajstić information content (AvgIpc) is 3.21. The summed E-state index contributed by atoms with van der Waals surface area (Å²) in [4.78, 5) is 15.1. The highest BCUT2D eigenvalue weighted by Crippen LogP contribution is 2.36. The van der Waals surface area contributed by atoms with E-state index in [9.17, 15) is 13.2 Å². The second kappa shape index (κ2) is 12.8. The first-order valence-electron chi connectivity index (χ1n) is 11.9. The Kier molecular flexibility index (Phi) is 9.22. The van der Waals surface area contributed by atoms with Crippen LogP contribution in [0.1, 0.15) is 17.5 Å². The van der Waals surface area contributed by atoms with E-state index in [1.54, 1.807) is 56.7 Å². The van der Waals surface area contributed by atoms with Gasteiger partial charge < -0.3 is 14.2 Å². The Morgan fingerprint density at radius 3 is 2.34 bits per heavy atom. The first-order valence-corrected chi connectivity index (χ1v) is 14.1. The van der Waals surface area contributed by atoms with E-state index in [1.807, 2.05) is 30.3 Å². The van der Waals surface area contributed by atoms with Gasteiger partial charge in [-0.15, -0.1) is 4.40 Å². The molecule has 0 N–H and O–H groups in total. The molecule has 0 saturated carbocycles. The number of nitrogens with zero attached hydrogens (tertiary/aromatic N) is 2. The Morgan fingerprint density at radius 1 is 0.947 bits per heavy atom. The number of amidine groups is 1. The van der Waals surface area contributed by atoms with Crippen molar-refractivity contribution in [3.8, 4) is 11.5 Å². The quantitative estimate of drug-likeness (QED) is 0.245. The third-order valence-corrected chi connectivity index (χ3v) is 7.98. The molecule has 0 aliphatic carbocycles. The van der Waals surface area contributed by atoms with E-state index in [4.69, 9.17) is 14.2 Å². The van der Waals surface area contributed by atoms with Crippen LogP contribution < -0.4 is 9.47 Å². The summed E-state index contributed by atoms with van der Waals surface area (Å²) >= 11 is 1.02. The summed E-state index contributed by atoms with van der Waals surface area (Å²) in [6.07, 6.45) is 2.23. The fourth-order valence-electron chi connectivity index (χ4n) is 3.67. The number of carbonyl (C=O) groups is 1. The van der Waals surface area contributed by atoms with Gasteiger partial charge in [0.05, 0.1) is 16.9 Å². The molecule has 3 aromatic carbocycles. The molecule has 1 aliphatic rings. The van der Waals surface area contributed by atoms with Crippen molar-refractivity contribution < 1.29 is 27.4 Å². The molecular formula is C28H28N2O6S2. The van der Waals surface area contributed by atoms with Crippen LogP contribution >= 0.6 is 11.8 Å². The molecule has 1 saturated heterocycles. The topological polar surface area (TPSA) is 94.5 Å². The van der Waals surface area contributed by atoms with Gasteiger partial charge in [0, 0.05) is 20.3 Å². The molecule has 1 aliphatic heterocycles. The standard InChI is InChI=1S/C28H28N2O6S2/c1-34-17-9-16-30-27(31)26(37-28(30)29-38(32,33)23-12-7-4-8-13-23)19-22-14-15-24(35-2)25(18-22)36-20-21-10-5-3-6-11-21/h3-8,10-15,18-19H,9,16-17,20H2,1-2H3/b26-19-,29-28+. The van der Waals surface area contributed by atoms with E-state index in [-0.39, 0.29) is 22.5 Å². The predicted molar refractivity (Wildman–Crippen MR) is 149 cm³/mol. The number of benzene rings is 3. The first kappa shape index (κ1) is 27.4. The Hall–Kier alpha value is -3.60. The lowest BCUT2D eigenvalue weighted by atomic mass is 10.1. The Labute approximate surface area is 227 Å². The van der Waals surface area contributed by atoms with Gasteiger partial charge in [-0.25, -0.2) is 0 Å². The zero-order valence-corrected chi connectivity index (χ0v) is 22.7. The summed E-state index contributed by atoms with van der Waals surface area (Å²) in [6.45, 7) is 1.05. The number of amides is 1. The summed E-state index contributed by atoms with van der Waals surface area (Å²) in [7, 11) is -0.864. The first-order chi connectivity index (χ1) is 18.4. The molecule has 0 spiro atoms. The van der Waals surface area contributed by atoms with Crippen molar-refractivity contribution in [2.24, 2.45) is 4.40 Å². The van der Waals surface area contributed by atoms with Crippen molar-refractivity contribution in [1.82, 2.24) is 4.90 Å². The lowest BCUT2D eigenvalue weighted by Crippen LogP contribution is -2.31. The summed E-state index contributed by atoms with van der Waals surface area (Å²) in [5.41, 5.74) is 1.71. The molecule has 198 valence electrons. The highest BCUT2D eigenvalue weighted by atomic mass is 32.2. The predicted octanol–water partition coefficient (Wildman–Crippen LogP) is 4.97. The van der Waals surface area contributed by atoms with E-state index in [0.717, 1.165) is 17.3 Å². The molecule has 1 fully saturated rings. The molecule has 10 heteroatoms. The molecule has 3 aromatic rings. The average molecular weight is 553 g/mol. The van der Waals surface area contributed by atoms with Gasteiger partial charge in [0.15, 0.2) is 16.7 Å². The normalized spacial score (nSPS) is 15.8. The van der Waals surface area contributed by atoms with Gasteiger partial charge in [-0.05, 0) is 59.7 Å². The molecule has 0 bridgehead atoms. The lowest BCUT2D eigenvalue weighted by Gasteiger charge is -2.15. The van der Waals surface area contributed by atoms with E-state index in [2.05, 4.69) is 4.40 Å². The van der Waals surface area contributed by atoms with Crippen LogP contribution in [0.3, 0.4) is 0 Å². The van der Waals surface area contributed by atoms with Gasteiger partial charge in [-0.1, -0.05) is 54.6 Å². The molecule has 8 nitrogen and oxygen atoms in total. The Morgan fingerprint density at radius 2 is 1.66 bits per heavy atom. The minimum absolute atomic E-state index is 0.0604. The van der Waals surface area contributed by atoms with Gasteiger partial charge in [-0.2, -0.15) is 8.42 Å². The minimum Gasteiger partial charge on any atom is -0.493 e. The molecule has 1 heterocycles. The molecule has 1 amide bonds. The largest absolute Gasteiger partial charge is 0.493 e. The van der Waals surface area contributed by atoms with Crippen LogP contribution in [0.5, 0.6) is 11.5 Å². The van der Waals surface area contributed by atoms with Crippen LogP contribution in [0.4, 0.5) is 0 Å². The maximum absolute atomic E-state index is 13.3. The summed E-state index contributed by atoms with van der Waals surface area (Å²) in [5.74, 6) is 0.764. The summed E-state index contributed by atoms with van der Waals surface area (Å²) < 4.78 is 46.4. The number of ether oxygens (including phenoxy) is 3.